The zero-order valence-corrected chi connectivity index (χ0v) is 10.9. The van der Waals surface area contributed by atoms with E-state index in [0.717, 1.165) is 5.82 Å². The number of H-pyrrole nitrogens is 1. The second-order valence-electron chi connectivity index (χ2n) is 3.76. The van der Waals surface area contributed by atoms with Crippen molar-refractivity contribution in [2.45, 2.75) is 13.0 Å². The van der Waals surface area contributed by atoms with Gasteiger partial charge in [0.25, 0.3) is 5.56 Å². The minimum Gasteiger partial charge on any atom is -0.382 e. The molecule has 7 nitrogen and oxygen atoms in total. The highest BCUT2D eigenvalue weighted by Crippen LogP contribution is 2.14. The zero-order chi connectivity index (χ0) is 13.7. The van der Waals surface area contributed by atoms with E-state index in [0.29, 0.717) is 25.2 Å². The van der Waals surface area contributed by atoms with E-state index in [2.05, 4.69) is 32.2 Å². The van der Waals surface area contributed by atoms with Gasteiger partial charge in [0.05, 0.1) is 18.4 Å². The maximum atomic E-state index is 11.8. The third kappa shape index (κ3) is 3.19. The Morgan fingerprint density at radius 1 is 1.58 bits per heavy atom. The van der Waals surface area contributed by atoms with Gasteiger partial charge in [0, 0.05) is 13.0 Å². The van der Waals surface area contributed by atoms with Crippen molar-refractivity contribution in [3.63, 3.8) is 0 Å². The molecule has 0 spiro atoms. The SMILES string of the molecule is C=CCn1ncc(NCCc2ncn[nH]2)c(Cl)c1=O. The molecule has 19 heavy (non-hydrogen) atoms. The summed E-state index contributed by atoms with van der Waals surface area (Å²) in [6, 6.07) is 0. The van der Waals surface area contributed by atoms with Crippen molar-refractivity contribution >= 4 is 17.3 Å². The van der Waals surface area contributed by atoms with Crippen molar-refractivity contribution in [3.05, 3.63) is 46.4 Å². The van der Waals surface area contributed by atoms with Crippen LogP contribution in [0.25, 0.3) is 0 Å². The van der Waals surface area contributed by atoms with Gasteiger partial charge in [0.15, 0.2) is 0 Å². The molecule has 0 fully saturated rings. The highest BCUT2D eigenvalue weighted by Gasteiger charge is 2.08. The Labute approximate surface area is 114 Å². The van der Waals surface area contributed by atoms with E-state index in [1.165, 1.54) is 17.2 Å². The standard InChI is InChI=1S/C11H13ClN6O/c1-2-5-18-11(19)10(12)8(6-16-18)13-4-3-9-14-7-15-17-9/h2,6-7,13H,1,3-5H2,(H,14,15,17). The average molecular weight is 281 g/mol. The summed E-state index contributed by atoms with van der Waals surface area (Å²) in [5, 5.41) is 13.6. The topological polar surface area (TPSA) is 88.5 Å². The molecule has 0 unspecified atom stereocenters. The average Bonchev–Trinajstić information content (AvgIpc) is 2.91. The van der Waals surface area contributed by atoms with Gasteiger partial charge in [-0.25, -0.2) is 9.67 Å². The van der Waals surface area contributed by atoms with Crippen LogP contribution in [0.4, 0.5) is 5.69 Å². The molecule has 0 aliphatic heterocycles. The van der Waals surface area contributed by atoms with E-state index < -0.39 is 0 Å². The number of halogens is 1. The summed E-state index contributed by atoms with van der Waals surface area (Å²) < 4.78 is 1.25. The Kier molecular flexibility index (Phi) is 4.30. The number of aromatic nitrogens is 5. The van der Waals surface area contributed by atoms with Gasteiger partial charge in [0.1, 0.15) is 17.2 Å². The van der Waals surface area contributed by atoms with Crippen LogP contribution in [0.1, 0.15) is 5.82 Å². The zero-order valence-electron chi connectivity index (χ0n) is 10.1. The Balaban J connectivity index is 2.02. The second-order valence-corrected chi connectivity index (χ2v) is 4.14. The summed E-state index contributed by atoms with van der Waals surface area (Å²) in [7, 11) is 0. The molecule has 0 aromatic carbocycles. The third-order valence-corrected chi connectivity index (χ3v) is 2.79. The smallest absolute Gasteiger partial charge is 0.287 e. The van der Waals surface area contributed by atoms with Crippen molar-refractivity contribution in [1.29, 1.82) is 0 Å². The first-order valence-corrected chi connectivity index (χ1v) is 6.04. The van der Waals surface area contributed by atoms with Crippen LogP contribution in [0.2, 0.25) is 5.02 Å². The minimum atomic E-state index is -0.341. The predicted molar refractivity (Wildman–Crippen MR) is 72.3 cm³/mol. The van der Waals surface area contributed by atoms with E-state index in [1.807, 2.05) is 0 Å². The number of hydrogen-bond donors (Lipinski definition) is 2. The molecule has 0 amide bonds. The van der Waals surface area contributed by atoms with Crippen molar-refractivity contribution < 1.29 is 0 Å². The van der Waals surface area contributed by atoms with Crippen molar-refractivity contribution in [3.8, 4) is 0 Å². The molecule has 0 bridgehead atoms. The van der Waals surface area contributed by atoms with Crippen LogP contribution in [0.5, 0.6) is 0 Å². The van der Waals surface area contributed by atoms with Gasteiger partial charge in [0.2, 0.25) is 0 Å². The van der Waals surface area contributed by atoms with Crippen LogP contribution in [0.3, 0.4) is 0 Å². The molecule has 0 radical (unpaired) electrons. The Morgan fingerprint density at radius 2 is 2.42 bits per heavy atom. The number of allylic oxidation sites excluding steroid dienone is 1. The normalized spacial score (nSPS) is 10.4. The minimum absolute atomic E-state index is 0.120. The molecule has 2 aromatic rings. The molecule has 0 saturated heterocycles. The highest BCUT2D eigenvalue weighted by atomic mass is 35.5. The fraction of sp³-hybridized carbons (Fsp3) is 0.273. The van der Waals surface area contributed by atoms with E-state index in [1.54, 1.807) is 6.08 Å². The largest absolute Gasteiger partial charge is 0.382 e. The highest BCUT2D eigenvalue weighted by molar-refractivity contribution is 6.32. The molecule has 0 aliphatic rings. The van der Waals surface area contributed by atoms with Crippen LogP contribution in [0, 0.1) is 0 Å². The van der Waals surface area contributed by atoms with Gasteiger partial charge in [-0.15, -0.1) is 6.58 Å². The van der Waals surface area contributed by atoms with Crippen LogP contribution in [-0.4, -0.2) is 31.5 Å². The molecule has 0 aliphatic carbocycles. The van der Waals surface area contributed by atoms with Gasteiger partial charge in [-0.05, 0) is 0 Å². The van der Waals surface area contributed by atoms with Gasteiger partial charge in [-0.3, -0.25) is 9.89 Å². The van der Waals surface area contributed by atoms with E-state index in [4.69, 9.17) is 11.6 Å². The first-order chi connectivity index (χ1) is 9.22. The van der Waals surface area contributed by atoms with E-state index in [-0.39, 0.29) is 10.6 Å². The Bertz CT molecular complexity index is 606. The number of hydrogen-bond acceptors (Lipinski definition) is 5. The van der Waals surface area contributed by atoms with Crippen LogP contribution >= 0.6 is 11.6 Å². The molecular formula is C11H13ClN6O. The Hall–Kier alpha value is -2.15. The number of nitrogens with one attached hydrogen (secondary N) is 2. The first kappa shape index (κ1) is 13.3. The molecular weight excluding hydrogens is 268 g/mol. The maximum absolute atomic E-state index is 11.8. The summed E-state index contributed by atoms with van der Waals surface area (Å²) >= 11 is 5.99. The van der Waals surface area contributed by atoms with Crippen molar-refractivity contribution in [2.75, 3.05) is 11.9 Å². The second kappa shape index (κ2) is 6.14. The van der Waals surface area contributed by atoms with Crippen LogP contribution in [-0.2, 0) is 13.0 Å². The predicted octanol–water partition coefficient (Wildman–Crippen LogP) is 0.855. The molecule has 0 saturated carbocycles. The Morgan fingerprint density at radius 3 is 3.11 bits per heavy atom. The number of anilines is 1. The van der Waals surface area contributed by atoms with Crippen LogP contribution < -0.4 is 10.9 Å². The number of rotatable bonds is 6. The lowest BCUT2D eigenvalue weighted by atomic mass is 10.3. The van der Waals surface area contributed by atoms with Gasteiger partial charge >= 0.3 is 0 Å². The first-order valence-electron chi connectivity index (χ1n) is 5.67. The van der Waals surface area contributed by atoms with E-state index in [9.17, 15) is 4.79 Å². The molecule has 2 N–H and O–H groups in total. The monoisotopic (exact) mass is 280 g/mol. The van der Waals surface area contributed by atoms with Crippen molar-refractivity contribution in [1.82, 2.24) is 25.0 Å². The molecule has 8 heteroatoms. The number of aromatic amines is 1. The third-order valence-electron chi connectivity index (χ3n) is 2.43. The maximum Gasteiger partial charge on any atom is 0.287 e. The quantitative estimate of drug-likeness (QED) is 0.766. The summed E-state index contributed by atoms with van der Waals surface area (Å²) in [5.74, 6) is 0.761. The lowest BCUT2D eigenvalue weighted by molar-refractivity contribution is 0.653. The lowest BCUT2D eigenvalue weighted by Gasteiger charge is -2.08. The van der Waals surface area contributed by atoms with E-state index >= 15 is 0 Å². The fourth-order valence-corrected chi connectivity index (χ4v) is 1.72. The summed E-state index contributed by atoms with van der Waals surface area (Å²) in [4.78, 5) is 15.8. The van der Waals surface area contributed by atoms with Gasteiger partial charge in [-0.1, -0.05) is 17.7 Å². The number of nitrogens with zero attached hydrogens (tertiary/aromatic N) is 4. The molecule has 2 rings (SSSR count). The van der Waals surface area contributed by atoms with Crippen molar-refractivity contribution in [2.24, 2.45) is 0 Å². The van der Waals surface area contributed by atoms with Gasteiger partial charge in [-0.2, -0.15) is 10.2 Å². The van der Waals surface area contributed by atoms with Crippen LogP contribution in [0.15, 0.2) is 30.0 Å². The summed E-state index contributed by atoms with van der Waals surface area (Å²) in [5.41, 5.74) is 0.165. The summed E-state index contributed by atoms with van der Waals surface area (Å²) in [6.45, 7) is 4.45. The molecule has 0 atom stereocenters. The van der Waals surface area contributed by atoms with Gasteiger partial charge < -0.3 is 5.32 Å². The lowest BCUT2D eigenvalue weighted by Crippen LogP contribution is -2.24. The molecule has 100 valence electrons. The molecule has 2 aromatic heterocycles. The summed E-state index contributed by atoms with van der Waals surface area (Å²) in [6.07, 6.45) is 5.20. The fourth-order valence-electron chi connectivity index (χ4n) is 1.51. The molecule has 2 heterocycles.